The number of hydrogen-bond acceptors (Lipinski definition) is 4. The summed E-state index contributed by atoms with van der Waals surface area (Å²) in [5, 5.41) is 10.4. The minimum atomic E-state index is -0.965. The number of hydrogen-bond donors (Lipinski definition) is 0. The van der Waals surface area contributed by atoms with Crippen LogP contribution in [0.5, 0.6) is 0 Å². The molecule has 98 valence electrons. The Kier molecular flexibility index (Phi) is 3.57. The monoisotopic (exact) mass is 283 g/mol. The van der Waals surface area contributed by atoms with Gasteiger partial charge in [0.1, 0.15) is 0 Å². The van der Waals surface area contributed by atoms with Crippen LogP contribution in [-0.2, 0) is 6.54 Å². The molecule has 1 aromatic carbocycles. The summed E-state index contributed by atoms with van der Waals surface area (Å²) < 4.78 is 15.0. The standard InChI is InChI=1S/C11H7ClFN3O3/c12-10-11(17)15(5-4-14-10)6-7-2-1-3-8(9(7)13)16(18)19/h1-5H,6H2. The van der Waals surface area contributed by atoms with Gasteiger partial charge >= 0.3 is 5.69 Å². The van der Waals surface area contributed by atoms with Crippen LogP contribution in [0.2, 0.25) is 5.15 Å². The van der Waals surface area contributed by atoms with Gasteiger partial charge < -0.3 is 4.57 Å². The molecule has 2 aromatic rings. The second-order valence-electron chi connectivity index (χ2n) is 3.66. The van der Waals surface area contributed by atoms with Crippen LogP contribution >= 0.6 is 11.6 Å². The number of nitrogens with zero attached hydrogens (tertiary/aromatic N) is 3. The summed E-state index contributed by atoms with van der Waals surface area (Å²) in [7, 11) is 0. The number of nitro benzene ring substituents is 1. The molecular weight excluding hydrogens is 277 g/mol. The maximum Gasteiger partial charge on any atom is 0.305 e. The SMILES string of the molecule is O=c1c(Cl)nccn1Cc1cccc([N+](=O)[O-])c1F. The zero-order valence-corrected chi connectivity index (χ0v) is 10.2. The molecule has 2 rings (SSSR count). The highest BCUT2D eigenvalue weighted by Gasteiger charge is 2.17. The molecule has 1 heterocycles. The molecule has 0 saturated carbocycles. The van der Waals surface area contributed by atoms with Gasteiger partial charge in [0.2, 0.25) is 5.82 Å². The fraction of sp³-hybridized carbons (Fsp3) is 0.0909. The summed E-state index contributed by atoms with van der Waals surface area (Å²) in [5.74, 6) is -0.965. The molecule has 0 aliphatic carbocycles. The Balaban J connectivity index is 2.45. The van der Waals surface area contributed by atoms with E-state index < -0.39 is 22.0 Å². The first-order valence-corrected chi connectivity index (χ1v) is 5.51. The quantitative estimate of drug-likeness (QED) is 0.637. The molecule has 0 spiro atoms. The first-order chi connectivity index (χ1) is 9.00. The Morgan fingerprint density at radius 3 is 2.89 bits per heavy atom. The van der Waals surface area contributed by atoms with Crippen LogP contribution in [0.1, 0.15) is 5.56 Å². The van der Waals surface area contributed by atoms with Gasteiger partial charge in [-0.25, -0.2) is 4.98 Å². The molecular formula is C11H7ClFN3O3. The molecule has 0 unspecified atom stereocenters. The van der Waals surface area contributed by atoms with Gasteiger partial charge in [0.15, 0.2) is 5.15 Å². The molecule has 0 aliphatic heterocycles. The van der Waals surface area contributed by atoms with Gasteiger partial charge in [-0.3, -0.25) is 14.9 Å². The lowest BCUT2D eigenvalue weighted by atomic mass is 10.2. The van der Waals surface area contributed by atoms with Gasteiger partial charge in [0.05, 0.1) is 11.5 Å². The molecule has 0 bridgehead atoms. The molecule has 0 atom stereocenters. The summed E-state index contributed by atoms with van der Waals surface area (Å²) in [6, 6.07) is 3.77. The first kappa shape index (κ1) is 13.2. The van der Waals surface area contributed by atoms with Gasteiger partial charge in [-0.15, -0.1) is 0 Å². The van der Waals surface area contributed by atoms with E-state index in [-0.39, 0.29) is 17.3 Å². The molecule has 8 heteroatoms. The van der Waals surface area contributed by atoms with E-state index in [0.717, 1.165) is 10.6 Å². The third-order valence-corrected chi connectivity index (χ3v) is 2.73. The fourth-order valence-corrected chi connectivity index (χ4v) is 1.72. The van der Waals surface area contributed by atoms with Crippen LogP contribution in [0.25, 0.3) is 0 Å². The van der Waals surface area contributed by atoms with E-state index in [2.05, 4.69) is 4.98 Å². The number of nitro groups is 1. The normalized spacial score (nSPS) is 10.4. The number of rotatable bonds is 3. The number of aromatic nitrogens is 2. The zero-order chi connectivity index (χ0) is 14.0. The largest absolute Gasteiger partial charge is 0.307 e. The Labute approximate surface area is 111 Å². The van der Waals surface area contributed by atoms with Crippen LogP contribution < -0.4 is 5.56 Å². The van der Waals surface area contributed by atoms with Gasteiger partial charge in [-0.1, -0.05) is 23.7 Å². The van der Waals surface area contributed by atoms with Crippen molar-refractivity contribution in [1.29, 1.82) is 0 Å². The van der Waals surface area contributed by atoms with E-state index in [9.17, 15) is 19.3 Å². The van der Waals surface area contributed by atoms with Crippen molar-refractivity contribution in [3.63, 3.8) is 0 Å². The molecule has 0 fully saturated rings. The molecule has 1 aromatic heterocycles. The van der Waals surface area contributed by atoms with E-state index in [0.29, 0.717) is 0 Å². The lowest BCUT2D eigenvalue weighted by Gasteiger charge is -2.06. The number of benzene rings is 1. The third kappa shape index (κ3) is 2.60. The molecule has 0 amide bonds. The van der Waals surface area contributed by atoms with Crippen molar-refractivity contribution in [2.45, 2.75) is 6.54 Å². The van der Waals surface area contributed by atoms with Crippen molar-refractivity contribution in [2.75, 3.05) is 0 Å². The van der Waals surface area contributed by atoms with Crippen molar-refractivity contribution < 1.29 is 9.31 Å². The van der Waals surface area contributed by atoms with Gasteiger partial charge in [0, 0.05) is 24.0 Å². The predicted octanol–water partition coefficient (Wildman–Crippen LogP) is 1.99. The summed E-state index contributed by atoms with van der Waals surface area (Å²) >= 11 is 5.56. The highest BCUT2D eigenvalue weighted by molar-refractivity contribution is 6.29. The van der Waals surface area contributed by atoms with E-state index in [4.69, 9.17) is 11.6 Å². The third-order valence-electron chi connectivity index (χ3n) is 2.47. The van der Waals surface area contributed by atoms with Gasteiger partial charge in [-0.2, -0.15) is 4.39 Å². The van der Waals surface area contributed by atoms with Crippen molar-refractivity contribution in [2.24, 2.45) is 0 Å². The second-order valence-corrected chi connectivity index (χ2v) is 4.02. The van der Waals surface area contributed by atoms with Crippen LogP contribution in [0.3, 0.4) is 0 Å². The summed E-state index contributed by atoms with van der Waals surface area (Å²) in [4.78, 5) is 25.0. The smallest absolute Gasteiger partial charge is 0.305 e. The number of halogens is 2. The molecule has 0 saturated heterocycles. The Bertz CT molecular complexity index is 702. The maximum absolute atomic E-state index is 13.8. The van der Waals surface area contributed by atoms with Gasteiger partial charge in [0.25, 0.3) is 5.56 Å². The molecule has 6 nitrogen and oxygen atoms in total. The van der Waals surface area contributed by atoms with Crippen LogP contribution in [0.4, 0.5) is 10.1 Å². The average molecular weight is 284 g/mol. The summed E-state index contributed by atoms with van der Waals surface area (Å²) in [6.45, 7) is -0.158. The van der Waals surface area contributed by atoms with Crippen molar-refractivity contribution in [1.82, 2.24) is 9.55 Å². The zero-order valence-electron chi connectivity index (χ0n) is 9.42. The van der Waals surface area contributed by atoms with Crippen molar-refractivity contribution >= 4 is 17.3 Å². The maximum atomic E-state index is 13.8. The van der Waals surface area contributed by atoms with E-state index >= 15 is 0 Å². The molecule has 0 aliphatic rings. The first-order valence-electron chi connectivity index (χ1n) is 5.13. The topological polar surface area (TPSA) is 78.0 Å². The van der Waals surface area contributed by atoms with E-state index in [1.165, 1.54) is 24.5 Å². The van der Waals surface area contributed by atoms with Crippen LogP contribution in [-0.4, -0.2) is 14.5 Å². The molecule has 19 heavy (non-hydrogen) atoms. The fourth-order valence-electron chi connectivity index (χ4n) is 1.56. The molecule has 0 N–H and O–H groups in total. The van der Waals surface area contributed by atoms with E-state index in [1.807, 2.05) is 0 Å². The Hall–Kier alpha value is -2.28. The van der Waals surface area contributed by atoms with Crippen molar-refractivity contribution in [3.8, 4) is 0 Å². The predicted molar refractivity (Wildman–Crippen MR) is 65.7 cm³/mol. The lowest BCUT2D eigenvalue weighted by Crippen LogP contribution is -2.21. The summed E-state index contributed by atoms with van der Waals surface area (Å²) in [6.07, 6.45) is 2.62. The average Bonchev–Trinajstić information content (AvgIpc) is 2.37. The van der Waals surface area contributed by atoms with Crippen LogP contribution in [0.15, 0.2) is 35.4 Å². The van der Waals surface area contributed by atoms with Crippen molar-refractivity contribution in [3.05, 3.63) is 67.6 Å². The highest BCUT2D eigenvalue weighted by Crippen LogP contribution is 2.20. The minimum absolute atomic E-state index is 0.0265. The van der Waals surface area contributed by atoms with E-state index in [1.54, 1.807) is 0 Å². The second kappa shape index (κ2) is 5.15. The Morgan fingerprint density at radius 1 is 1.47 bits per heavy atom. The van der Waals surface area contributed by atoms with Crippen LogP contribution in [0, 0.1) is 15.9 Å². The van der Waals surface area contributed by atoms with Gasteiger partial charge in [-0.05, 0) is 0 Å². The lowest BCUT2D eigenvalue weighted by molar-refractivity contribution is -0.387. The molecule has 0 radical (unpaired) electrons. The Morgan fingerprint density at radius 2 is 2.21 bits per heavy atom. The summed E-state index contributed by atoms with van der Waals surface area (Å²) in [5.41, 5.74) is -1.20. The minimum Gasteiger partial charge on any atom is -0.307 e. The highest BCUT2D eigenvalue weighted by atomic mass is 35.5.